The van der Waals surface area contributed by atoms with E-state index in [0.29, 0.717) is 12.8 Å². The van der Waals surface area contributed by atoms with Crippen LogP contribution in [0.2, 0.25) is 0 Å². The summed E-state index contributed by atoms with van der Waals surface area (Å²) in [6.45, 7) is 4.21. The first-order valence-electron chi connectivity index (χ1n) is 4.11. The normalized spacial score (nSPS) is 36.2. The number of rotatable bonds is 0. The Labute approximate surface area is 67.8 Å². The molecular formula is C9H15NO. The smallest absolute Gasteiger partial charge is 0.151 e. The van der Waals surface area contributed by atoms with Gasteiger partial charge in [-0.2, -0.15) is 5.26 Å². The summed E-state index contributed by atoms with van der Waals surface area (Å²) in [5.74, 6) is 0. The summed E-state index contributed by atoms with van der Waals surface area (Å²) in [6.07, 6.45) is 3.36. The predicted octanol–water partition coefficient (Wildman–Crippen LogP) is 1.84. The molecule has 2 heteroatoms. The highest BCUT2D eigenvalue weighted by molar-refractivity contribution is 5.05. The molecule has 0 saturated heterocycles. The van der Waals surface area contributed by atoms with E-state index in [1.807, 2.05) is 6.07 Å². The molecule has 0 aliphatic heterocycles. The number of hydrogen-bond donors (Lipinski definition) is 1. The summed E-state index contributed by atoms with van der Waals surface area (Å²) >= 11 is 0. The molecule has 2 nitrogen and oxygen atoms in total. The monoisotopic (exact) mass is 153 g/mol. The van der Waals surface area contributed by atoms with Crippen LogP contribution in [0, 0.1) is 16.7 Å². The highest BCUT2D eigenvalue weighted by Crippen LogP contribution is 2.40. The third-order valence-electron chi connectivity index (χ3n) is 2.42. The second-order valence-corrected chi connectivity index (χ2v) is 4.34. The van der Waals surface area contributed by atoms with Crippen LogP contribution in [-0.2, 0) is 0 Å². The van der Waals surface area contributed by atoms with Crippen LogP contribution in [0.5, 0.6) is 0 Å². The Bertz CT molecular complexity index is 192. The average molecular weight is 153 g/mol. The van der Waals surface area contributed by atoms with Crippen molar-refractivity contribution in [2.24, 2.45) is 5.41 Å². The summed E-state index contributed by atoms with van der Waals surface area (Å²) < 4.78 is 0. The Hall–Kier alpha value is -0.550. The van der Waals surface area contributed by atoms with Gasteiger partial charge in [0, 0.05) is 0 Å². The highest BCUT2D eigenvalue weighted by Gasteiger charge is 2.38. The molecule has 1 N–H and O–H groups in total. The maximum absolute atomic E-state index is 9.65. The van der Waals surface area contributed by atoms with Crippen LogP contribution in [0.4, 0.5) is 0 Å². The number of nitriles is 1. The molecule has 0 aromatic rings. The third kappa shape index (κ3) is 1.94. The van der Waals surface area contributed by atoms with Crippen molar-refractivity contribution in [3.63, 3.8) is 0 Å². The van der Waals surface area contributed by atoms with Crippen LogP contribution < -0.4 is 0 Å². The van der Waals surface area contributed by atoms with E-state index < -0.39 is 5.60 Å². The summed E-state index contributed by atoms with van der Waals surface area (Å²) in [5.41, 5.74) is -0.898. The Morgan fingerprint density at radius 1 is 1.36 bits per heavy atom. The lowest BCUT2D eigenvalue weighted by atomic mass is 9.70. The fourth-order valence-electron chi connectivity index (χ4n) is 1.92. The number of hydrogen-bond acceptors (Lipinski definition) is 2. The van der Waals surface area contributed by atoms with Crippen LogP contribution in [-0.4, -0.2) is 10.7 Å². The zero-order chi connectivity index (χ0) is 8.54. The molecule has 1 rings (SSSR count). The highest BCUT2D eigenvalue weighted by atomic mass is 16.3. The topological polar surface area (TPSA) is 44.0 Å². The van der Waals surface area contributed by atoms with Gasteiger partial charge in [0.25, 0.3) is 0 Å². The summed E-state index contributed by atoms with van der Waals surface area (Å²) in [5, 5.41) is 18.3. The second-order valence-electron chi connectivity index (χ2n) is 4.34. The van der Waals surface area contributed by atoms with E-state index in [1.165, 1.54) is 0 Å². The van der Waals surface area contributed by atoms with Crippen molar-refractivity contribution in [2.45, 2.75) is 45.1 Å². The van der Waals surface area contributed by atoms with Gasteiger partial charge in [-0.15, -0.1) is 0 Å². The SMILES string of the molecule is CC1(C)CCCC(O)(C#N)C1. The zero-order valence-electron chi connectivity index (χ0n) is 7.22. The molecule has 1 fully saturated rings. The molecule has 1 atom stereocenters. The minimum Gasteiger partial charge on any atom is -0.375 e. The van der Waals surface area contributed by atoms with E-state index in [4.69, 9.17) is 5.26 Å². The molecule has 0 aromatic carbocycles. The minimum absolute atomic E-state index is 0.142. The second kappa shape index (κ2) is 2.49. The molecule has 0 heterocycles. The first-order valence-corrected chi connectivity index (χ1v) is 4.11. The lowest BCUT2D eigenvalue weighted by Gasteiger charge is -2.37. The standard InChI is InChI=1S/C9H15NO/c1-8(2)4-3-5-9(11,6-8)7-10/h11H,3-6H2,1-2H3. The fraction of sp³-hybridized carbons (Fsp3) is 0.889. The molecule has 1 aliphatic rings. The minimum atomic E-state index is -1.04. The maximum atomic E-state index is 9.65. The van der Waals surface area contributed by atoms with Gasteiger partial charge in [-0.25, -0.2) is 0 Å². The molecule has 1 unspecified atom stereocenters. The van der Waals surface area contributed by atoms with Crippen LogP contribution in [0.1, 0.15) is 39.5 Å². The molecule has 0 spiro atoms. The van der Waals surface area contributed by atoms with E-state index in [2.05, 4.69) is 13.8 Å². The molecule has 11 heavy (non-hydrogen) atoms. The number of nitrogens with zero attached hydrogens (tertiary/aromatic N) is 1. The quantitative estimate of drug-likeness (QED) is 0.540. The fourth-order valence-corrected chi connectivity index (χ4v) is 1.92. The summed E-state index contributed by atoms with van der Waals surface area (Å²) in [6, 6.07) is 1.99. The van der Waals surface area contributed by atoms with Crippen LogP contribution >= 0.6 is 0 Å². The Morgan fingerprint density at radius 3 is 2.36 bits per heavy atom. The van der Waals surface area contributed by atoms with Gasteiger partial charge in [0.15, 0.2) is 5.60 Å². The van der Waals surface area contributed by atoms with Gasteiger partial charge in [-0.05, 0) is 31.1 Å². The lowest BCUT2D eigenvalue weighted by molar-refractivity contribution is 0.00755. The molecule has 0 amide bonds. The predicted molar refractivity (Wildman–Crippen MR) is 42.8 cm³/mol. The van der Waals surface area contributed by atoms with E-state index in [-0.39, 0.29) is 5.41 Å². The van der Waals surface area contributed by atoms with Crippen molar-refractivity contribution in [3.05, 3.63) is 0 Å². The Morgan fingerprint density at radius 2 is 2.00 bits per heavy atom. The van der Waals surface area contributed by atoms with Gasteiger partial charge in [-0.1, -0.05) is 13.8 Å². The van der Waals surface area contributed by atoms with Crippen LogP contribution in [0.15, 0.2) is 0 Å². The molecule has 0 bridgehead atoms. The lowest BCUT2D eigenvalue weighted by Crippen LogP contribution is -2.37. The van der Waals surface area contributed by atoms with E-state index in [1.54, 1.807) is 0 Å². The molecule has 1 saturated carbocycles. The molecule has 62 valence electrons. The molecule has 0 aromatic heterocycles. The van der Waals surface area contributed by atoms with Crippen molar-refractivity contribution in [3.8, 4) is 6.07 Å². The van der Waals surface area contributed by atoms with Crippen LogP contribution in [0.3, 0.4) is 0 Å². The van der Waals surface area contributed by atoms with Crippen molar-refractivity contribution in [1.82, 2.24) is 0 Å². The molecule has 0 radical (unpaired) electrons. The van der Waals surface area contributed by atoms with Crippen molar-refractivity contribution in [2.75, 3.05) is 0 Å². The molecule has 1 aliphatic carbocycles. The largest absolute Gasteiger partial charge is 0.375 e. The summed E-state index contributed by atoms with van der Waals surface area (Å²) in [4.78, 5) is 0. The number of aliphatic hydroxyl groups is 1. The van der Waals surface area contributed by atoms with E-state index in [9.17, 15) is 5.11 Å². The maximum Gasteiger partial charge on any atom is 0.151 e. The van der Waals surface area contributed by atoms with Gasteiger partial charge in [0.1, 0.15) is 0 Å². The average Bonchev–Trinajstić information content (AvgIpc) is 1.85. The summed E-state index contributed by atoms with van der Waals surface area (Å²) in [7, 11) is 0. The van der Waals surface area contributed by atoms with Gasteiger partial charge < -0.3 is 5.11 Å². The van der Waals surface area contributed by atoms with Crippen LogP contribution in [0.25, 0.3) is 0 Å². The zero-order valence-corrected chi connectivity index (χ0v) is 7.22. The van der Waals surface area contributed by atoms with E-state index in [0.717, 1.165) is 12.8 Å². The Balaban J connectivity index is 2.69. The van der Waals surface area contributed by atoms with Crippen molar-refractivity contribution < 1.29 is 5.11 Å². The molecular weight excluding hydrogens is 138 g/mol. The van der Waals surface area contributed by atoms with Gasteiger partial charge >= 0.3 is 0 Å². The first kappa shape index (κ1) is 8.55. The van der Waals surface area contributed by atoms with Gasteiger partial charge in [0.2, 0.25) is 0 Å². The van der Waals surface area contributed by atoms with Gasteiger partial charge in [0.05, 0.1) is 6.07 Å². The van der Waals surface area contributed by atoms with Crippen molar-refractivity contribution in [1.29, 1.82) is 5.26 Å². The first-order chi connectivity index (χ1) is 4.97. The van der Waals surface area contributed by atoms with E-state index >= 15 is 0 Å². The van der Waals surface area contributed by atoms with Crippen molar-refractivity contribution >= 4 is 0 Å². The Kier molecular flexibility index (Phi) is 1.94. The third-order valence-corrected chi connectivity index (χ3v) is 2.42. The van der Waals surface area contributed by atoms with Gasteiger partial charge in [-0.3, -0.25) is 0 Å².